The minimum absolute atomic E-state index is 0.0824. The predicted octanol–water partition coefficient (Wildman–Crippen LogP) is 2.68. The van der Waals surface area contributed by atoms with Crippen molar-refractivity contribution in [1.82, 2.24) is 20.4 Å². The van der Waals surface area contributed by atoms with Crippen molar-refractivity contribution in [3.8, 4) is 10.8 Å². The maximum absolute atomic E-state index is 12.3. The lowest BCUT2D eigenvalue weighted by molar-refractivity contribution is -0.126. The molecule has 1 amide bonds. The average molecular weight is 334 g/mol. The quantitative estimate of drug-likeness (QED) is 0.803. The van der Waals surface area contributed by atoms with Crippen molar-refractivity contribution >= 4 is 17.2 Å². The molecule has 0 unspecified atom stereocenters. The molecule has 124 valence electrons. The van der Waals surface area contributed by atoms with Gasteiger partial charge in [-0.3, -0.25) is 9.69 Å². The molecule has 0 aliphatic heterocycles. The largest absolute Gasteiger partial charge is 0.419 e. The molecule has 0 radical (unpaired) electrons. The van der Waals surface area contributed by atoms with E-state index < -0.39 is 0 Å². The van der Waals surface area contributed by atoms with E-state index >= 15 is 0 Å². The Kier molecular flexibility index (Phi) is 5.07. The lowest BCUT2D eigenvalue weighted by atomic mass is 10.2. The number of hydrogen-bond acceptors (Lipinski definition) is 6. The lowest BCUT2D eigenvalue weighted by Crippen LogP contribution is -2.45. The van der Waals surface area contributed by atoms with Crippen LogP contribution in [0.5, 0.6) is 0 Å². The topological polar surface area (TPSA) is 71.3 Å². The first kappa shape index (κ1) is 16.1. The maximum Gasteiger partial charge on any atom is 0.257 e. The molecule has 1 fully saturated rings. The summed E-state index contributed by atoms with van der Waals surface area (Å²) in [5.74, 6) is 1.17. The summed E-state index contributed by atoms with van der Waals surface area (Å²) in [4.78, 5) is 15.3. The van der Waals surface area contributed by atoms with E-state index in [1.54, 1.807) is 11.3 Å². The molecular weight excluding hydrogens is 312 g/mol. The molecule has 0 spiro atoms. The molecule has 1 N–H and O–H groups in total. The van der Waals surface area contributed by atoms with Crippen molar-refractivity contribution in [2.24, 2.45) is 0 Å². The number of carbonyl (C=O) groups is 1. The Morgan fingerprint density at radius 2 is 2.35 bits per heavy atom. The number of rotatable bonds is 8. The number of hydrogen-bond donors (Lipinski definition) is 1. The van der Waals surface area contributed by atoms with Gasteiger partial charge in [0.05, 0.1) is 17.5 Å². The van der Waals surface area contributed by atoms with Crippen LogP contribution in [0.3, 0.4) is 0 Å². The van der Waals surface area contributed by atoms with Gasteiger partial charge in [0.2, 0.25) is 11.8 Å². The van der Waals surface area contributed by atoms with Gasteiger partial charge in [0.1, 0.15) is 0 Å². The Balaban J connectivity index is 1.65. The Morgan fingerprint density at radius 3 is 3.00 bits per heavy atom. The second-order valence-electron chi connectivity index (χ2n) is 5.91. The molecule has 0 bridgehead atoms. The first-order chi connectivity index (χ1) is 11.2. The van der Waals surface area contributed by atoms with Crippen LogP contribution in [0.15, 0.2) is 21.9 Å². The van der Waals surface area contributed by atoms with Crippen LogP contribution in [0, 0.1) is 0 Å². The third-order valence-corrected chi connectivity index (χ3v) is 4.76. The van der Waals surface area contributed by atoms with Crippen molar-refractivity contribution in [3.63, 3.8) is 0 Å². The van der Waals surface area contributed by atoms with Crippen LogP contribution >= 0.6 is 11.3 Å². The van der Waals surface area contributed by atoms with Crippen LogP contribution < -0.4 is 5.32 Å². The highest BCUT2D eigenvalue weighted by Crippen LogP contribution is 2.24. The zero-order valence-electron chi connectivity index (χ0n) is 13.5. The Hall–Kier alpha value is -1.73. The van der Waals surface area contributed by atoms with Gasteiger partial charge in [0, 0.05) is 6.04 Å². The van der Waals surface area contributed by atoms with Crippen LogP contribution in [0.2, 0.25) is 0 Å². The summed E-state index contributed by atoms with van der Waals surface area (Å²) in [5.41, 5.74) is 0. The van der Waals surface area contributed by atoms with E-state index in [9.17, 15) is 4.79 Å². The number of amides is 1. The normalized spacial score (nSPS) is 15.8. The molecule has 1 saturated carbocycles. The molecule has 0 saturated heterocycles. The van der Waals surface area contributed by atoms with Gasteiger partial charge in [0.25, 0.3) is 5.89 Å². The molecule has 0 aromatic carbocycles. The number of thiophene rings is 1. The maximum atomic E-state index is 12.3. The van der Waals surface area contributed by atoms with E-state index in [1.165, 1.54) is 0 Å². The first-order valence-electron chi connectivity index (χ1n) is 8.08. The minimum atomic E-state index is -0.201. The standard InChI is InChI=1S/C16H22N4O2S/c1-3-8-20(11(2)15(21)17-12-6-7-12)10-14-18-19-16(22-14)13-5-4-9-23-13/h4-5,9,11-12H,3,6-8,10H2,1-2H3,(H,17,21)/t11-/m1/s1. The van der Waals surface area contributed by atoms with Crippen molar-refractivity contribution in [2.75, 3.05) is 6.54 Å². The van der Waals surface area contributed by atoms with Crippen LogP contribution in [0.4, 0.5) is 0 Å². The Labute approximate surface area is 139 Å². The van der Waals surface area contributed by atoms with E-state index in [2.05, 4.69) is 27.3 Å². The monoisotopic (exact) mass is 334 g/mol. The van der Waals surface area contributed by atoms with E-state index in [0.29, 0.717) is 24.4 Å². The highest BCUT2D eigenvalue weighted by Gasteiger charge is 2.28. The Bertz CT molecular complexity index is 636. The summed E-state index contributed by atoms with van der Waals surface area (Å²) in [7, 11) is 0. The van der Waals surface area contributed by atoms with Gasteiger partial charge in [-0.2, -0.15) is 0 Å². The van der Waals surface area contributed by atoms with Gasteiger partial charge in [-0.15, -0.1) is 21.5 Å². The molecule has 1 atom stereocenters. The highest BCUT2D eigenvalue weighted by molar-refractivity contribution is 7.13. The second-order valence-corrected chi connectivity index (χ2v) is 6.86. The smallest absolute Gasteiger partial charge is 0.257 e. The third-order valence-electron chi connectivity index (χ3n) is 3.90. The minimum Gasteiger partial charge on any atom is -0.419 e. The van der Waals surface area contributed by atoms with E-state index in [-0.39, 0.29) is 11.9 Å². The fourth-order valence-electron chi connectivity index (χ4n) is 2.40. The summed E-state index contributed by atoms with van der Waals surface area (Å²) < 4.78 is 5.74. The Morgan fingerprint density at radius 1 is 1.52 bits per heavy atom. The van der Waals surface area contributed by atoms with Crippen LogP contribution in [0.25, 0.3) is 10.8 Å². The molecule has 7 heteroatoms. The lowest BCUT2D eigenvalue weighted by Gasteiger charge is -2.26. The van der Waals surface area contributed by atoms with Gasteiger partial charge in [-0.05, 0) is 44.2 Å². The molecular formula is C16H22N4O2S. The SMILES string of the molecule is CCCN(Cc1nnc(-c2cccs2)o1)[C@H](C)C(=O)NC1CC1. The summed E-state index contributed by atoms with van der Waals surface area (Å²) in [6, 6.07) is 4.09. The molecule has 1 aliphatic carbocycles. The van der Waals surface area contributed by atoms with E-state index in [4.69, 9.17) is 4.42 Å². The van der Waals surface area contributed by atoms with Gasteiger partial charge >= 0.3 is 0 Å². The van der Waals surface area contributed by atoms with Crippen molar-refractivity contribution in [1.29, 1.82) is 0 Å². The third kappa shape index (κ3) is 4.17. The van der Waals surface area contributed by atoms with Gasteiger partial charge < -0.3 is 9.73 Å². The van der Waals surface area contributed by atoms with Gasteiger partial charge in [-0.1, -0.05) is 13.0 Å². The molecule has 23 heavy (non-hydrogen) atoms. The number of carbonyl (C=O) groups excluding carboxylic acids is 1. The summed E-state index contributed by atoms with van der Waals surface area (Å²) in [6.45, 7) is 5.34. The highest BCUT2D eigenvalue weighted by atomic mass is 32.1. The second kappa shape index (κ2) is 7.23. The van der Waals surface area contributed by atoms with E-state index in [0.717, 1.165) is 30.7 Å². The number of nitrogens with zero attached hydrogens (tertiary/aromatic N) is 3. The van der Waals surface area contributed by atoms with Crippen LogP contribution in [-0.2, 0) is 11.3 Å². The zero-order chi connectivity index (χ0) is 16.2. The van der Waals surface area contributed by atoms with Crippen molar-refractivity contribution in [3.05, 3.63) is 23.4 Å². The molecule has 1 aliphatic rings. The van der Waals surface area contributed by atoms with Crippen LogP contribution in [0.1, 0.15) is 39.0 Å². The van der Waals surface area contributed by atoms with E-state index in [1.807, 2.05) is 24.4 Å². The number of aromatic nitrogens is 2. The summed E-state index contributed by atoms with van der Waals surface area (Å²) in [6.07, 6.45) is 3.16. The molecule has 3 rings (SSSR count). The first-order valence-corrected chi connectivity index (χ1v) is 8.96. The molecule has 2 aromatic rings. The van der Waals surface area contributed by atoms with Gasteiger partial charge in [0.15, 0.2) is 0 Å². The van der Waals surface area contributed by atoms with Crippen molar-refractivity contribution < 1.29 is 9.21 Å². The number of nitrogens with one attached hydrogen (secondary N) is 1. The average Bonchev–Trinajstić information content (AvgIpc) is 3.04. The summed E-state index contributed by atoms with van der Waals surface area (Å²) >= 11 is 1.57. The molecule has 2 heterocycles. The predicted molar refractivity (Wildman–Crippen MR) is 88.9 cm³/mol. The zero-order valence-corrected chi connectivity index (χ0v) is 14.3. The van der Waals surface area contributed by atoms with Crippen molar-refractivity contribution in [2.45, 2.75) is 51.7 Å². The summed E-state index contributed by atoms with van der Waals surface area (Å²) in [5, 5.41) is 13.3. The van der Waals surface area contributed by atoms with Gasteiger partial charge in [-0.25, -0.2) is 0 Å². The molecule has 6 nitrogen and oxygen atoms in total. The van der Waals surface area contributed by atoms with Crippen LogP contribution in [-0.4, -0.2) is 39.6 Å². The fourth-order valence-corrected chi connectivity index (χ4v) is 3.05. The fraction of sp³-hybridized carbons (Fsp3) is 0.562. The molecule has 2 aromatic heterocycles.